The quantitative estimate of drug-likeness (QED) is 0.422. The third-order valence-electron chi connectivity index (χ3n) is 6.21. The summed E-state index contributed by atoms with van der Waals surface area (Å²) in [4.78, 5) is 14.9. The Bertz CT molecular complexity index is 1170. The molecule has 3 heterocycles. The van der Waals surface area contributed by atoms with E-state index in [-0.39, 0.29) is 11.9 Å². The highest BCUT2D eigenvalue weighted by atomic mass is 16.5. The van der Waals surface area contributed by atoms with E-state index in [2.05, 4.69) is 15.4 Å². The van der Waals surface area contributed by atoms with Gasteiger partial charge in [-0.2, -0.15) is 0 Å². The maximum absolute atomic E-state index is 12.6. The maximum atomic E-state index is 12.6. The summed E-state index contributed by atoms with van der Waals surface area (Å²) >= 11 is 0. The second-order valence-corrected chi connectivity index (χ2v) is 8.69. The van der Waals surface area contributed by atoms with Crippen molar-refractivity contribution in [1.29, 1.82) is 0 Å². The molecule has 0 aliphatic carbocycles. The molecule has 0 bridgehead atoms. The van der Waals surface area contributed by atoms with Crippen LogP contribution < -0.4 is 14.8 Å². The Morgan fingerprint density at radius 3 is 2.64 bits per heavy atom. The van der Waals surface area contributed by atoms with E-state index in [1.165, 1.54) is 6.08 Å². The number of morpholine rings is 1. The van der Waals surface area contributed by atoms with Crippen molar-refractivity contribution < 1.29 is 27.9 Å². The van der Waals surface area contributed by atoms with Gasteiger partial charge < -0.3 is 28.5 Å². The molecule has 1 N–H and O–H groups in total. The van der Waals surface area contributed by atoms with Crippen LogP contribution >= 0.6 is 0 Å². The molecule has 0 saturated carbocycles. The number of nitrogens with one attached hydrogen (secondary N) is 1. The Hall–Kier alpha value is -3.56. The number of carbonyl (C=O) groups is 1. The molecule has 1 atom stereocenters. The number of benzene rings is 1. The van der Waals surface area contributed by atoms with E-state index in [1.807, 2.05) is 51.1 Å². The molecule has 1 aliphatic heterocycles. The van der Waals surface area contributed by atoms with Crippen molar-refractivity contribution in [2.45, 2.75) is 33.4 Å². The standard InChI is InChI=1S/C27H33N3O6/c1-18-5-8-24(35-18)23(30-11-13-33-14-12-30)16-28-27(31)10-7-21-6-9-25(26(15-21)32-4)34-17-22-19(2)29-36-20(22)3/h5-10,15,23H,11-14,16-17H2,1-4H3,(H,28,31)/b10-7+. The van der Waals surface area contributed by atoms with Gasteiger partial charge >= 0.3 is 0 Å². The second-order valence-electron chi connectivity index (χ2n) is 8.69. The van der Waals surface area contributed by atoms with Crippen molar-refractivity contribution in [2.75, 3.05) is 40.0 Å². The number of nitrogens with zero attached hydrogens (tertiary/aromatic N) is 2. The normalized spacial score (nSPS) is 15.2. The molecule has 1 aromatic carbocycles. The minimum atomic E-state index is -0.186. The zero-order chi connectivity index (χ0) is 25.5. The van der Waals surface area contributed by atoms with Crippen molar-refractivity contribution in [3.63, 3.8) is 0 Å². The molecule has 1 unspecified atom stereocenters. The lowest BCUT2D eigenvalue weighted by Crippen LogP contribution is -2.43. The number of amides is 1. The first-order valence-corrected chi connectivity index (χ1v) is 12.0. The summed E-state index contributed by atoms with van der Waals surface area (Å²) in [6, 6.07) is 9.39. The highest BCUT2D eigenvalue weighted by molar-refractivity contribution is 5.91. The van der Waals surface area contributed by atoms with Crippen LogP contribution in [0.5, 0.6) is 11.5 Å². The molecule has 9 heteroatoms. The highest BCUT2D eigenvalue weighted by Crippen LogP contribution is 2.30. The summed E-state index contributed by atoms with van der Waals surface area (Å²) in [6.45, 7) is 9.34. The first kappa shape index (κ1) is 25.5. The van der Waals surface area contributed by atoms with Gasteiger partial charge in [-0.1, -0.05) is 11.2 Å². The van der Waals surface area contributed by atoms with Crippen molar-refractivity contribution in [3.8, 4) is 11.5 Å². The first-order chi connectivity index (χ1) is 17.4. The summed E-state index contributed by atoms with van der Waals surface area (Å²) in [5, 5.41) is 6.96. The van der Waals surface area contributed by atoms with E-state index in [1.54, 1.807) is 13.2 Å². The second kappa shape index (κ2) is 11.9. The average molecular weight is 496 g/mol. The molecule has 1 aliphatic rings. The van der Waals surface area contributed by atoms with Crippen LogP contribution in [0.4, 0.5) is 0 Å². The van der Waals surface area contributed by atoms with Crippen LogP contribution in [-0.4, -0.2) is 55.9 Å². The van der Waals surface area contributed by atoms with E-state index >= 15 is 0 Å². The van der Waals surface area contributed by atoms with Crippen LogP contribution in [0, 0.1) is 20.8 Å². The monoisotopic (exact) mass is 495 g/mol. The number of hydrogen-bond donors (Lipinski definition) is 1. The Morgan fingerprint density at radius 2 is 1.97 bits per heavy atom. The van der Waals surface area contributed by atoms with Crippen LogP contribution in [0.15, 0.2) is 45.3 Å². The highest BCUT2D eigenvalue weighted by Gasteiger charge is 2.25. The summed E-state index contributed by atoms with van der Waals surface area (Å²) in [6.07, 6.45) is 3.26. The van der Waals surface area contributed by atoms with E-state index in [0.717, 1.165) is 47.2 Å². The summed E-state index contributed by atoms with van der Waals surface area (Å²) in [5.41, 5.74) is 2.53. The molecule has 0 spiro atoms. The zero-order valence-electron chi connectivity index (χ0n) is 21.2. The van der Waals surface area contributed by atoms with Crippen molar-refractivity contribution in [1.82, 2.24) is 15.4 Å². The molecule has 1 saturated heterocycles. The molecule has 0 radical (unpaired) electrons. The number of aryl methyl sites for hydroxylation is 3. The van der Waals surface area contributed by atoms with Crippen LogP contribution in [0.25, 0.3) is 6.08 Å². The Labute approximate surface area is 211 Å². The number of aromatic nitrogens is 1. The minimum absolute atomic E-state index is 0.0471. The van der Waals surface area contributed by atoms with Crippen LogP contribution in [0.2, 0.25) is 0 Å². The van der Waals surface area contributed by atoms with Gasteiger partial charge in [0, 0.05) is 25.7 Å². The SMILES string of the molecule is COc1cc(/C=C/C(=O)NCC(c2ccc(C)o2)N2CCOCC2)ccc1OCc1c(C)noc1C. The van der Waals surface area contributed by atoms with E-state index in [0.29, 0.717) is 37.9 Å². The van der Waals surface area contributed by atoms with Gasteiger partial charge in [-0.05, 0) is 56.7 Å². The van der Waals surface area contributed by atoms with Gasteiger partial charge in [0.05, 0.1) is 37.6 Å². The molecule has 2 aromatic heterocycles. The zero-order valence-corrected chi connectivity index (χ0v) is 21.2. The lowest BCUT2D eigenvalue weighted by atomic mass is 10.1. The largest absolute Gasteiger partial charge is 0.493 e. The lowest BCUT2D eigenvalue weighted by molar-refractivity contribution is -0.116. The smallest absolute Gasteiger partial charge is 0.244 e. The predicted molar refractivity (Wildman–Crippen MR) is 134 cm³/mol. The number of ether oxygens (including phenoxy) is 3. The Kier molecular flexibility index (Phi) is 8.45. The molecule has 1 fully saturated rings. The predicted octanol–water partition coefficient (Wildman–Crippen LogP) is 3.98. The van der Waals surface area contributed by atoms with E-state index < -0.39 is 0 Å². The molecule has 9 nitrogen and oxygen atoms in total. The molecule has 3 aromatic rings. The molecular weight excluding hydrogens is 462 g/mol. The number of rotatable bonds is 10. The summed E-state index contributed by atoms with van der Waals surface area (Å²) in [7, 11) is 1.58. The van der Waals surface area contributed by atoms with Gasteiger partial charge in [-0.3, -0.25) is 9.69 Å². The molecule has 4 rings (SSSR count). The molecule has 36 heavy (non-hydrogen) atoms. The summed E-state index contributed by atoms with van der Waals surface area (Å²) < 4.78 is 28.0. The van der Waals surface area contributed by atoms with Crippen LogP contribution in [0.3, 0.4) is 0 Å². The maximum Gasteiger partial charge on any atom is 0.244 e. The van der Waals surface area contributed by atoms with Crippen molar-refractivity contribution in [3.05, 3.63) is 70.5 Å². The number of methoxy groups -OCH3 is 1. The summed E-state index contributed by atoms with van der Waals surface area (Å²) in [5.74, 6) is 3.41. The fraction of sp³-hybridized carbons (Fsp3) is 0.407. The van der Waals surface area contributed by atoms with Crippen LogP contribution in [0.1, 0.15) is 40.1 Å². The lowest BCUT2D eigenvalue weighted by Gasteiger charge is -2.33. The van der Waals surface area contributed by atoms with Gasteiger partial charge in [0.15, 0.2) is 11.5 Å². The minimum Gasteiger partial charge on any atom is -0.493 e. The first-order valence-electron chi connectivity index (χ1n) is 12.0. The average Bonchev–Trinajstić information content (AvgIpc) is 3.46. The number of furan rings is 1. The molecular formula is C27H33N3O6. The van der Waals surface area contributed by atoms with Crippen molar-refractivity contribution in [2.24, 2.45) is 0 Å². The third-order valence-corrected chi connectivity index (χ3v) is 6.21. The van der Waals surface area contributed by atoms with Crippen LogP contribution in [-0.2, 0) is 16.1 Å². The number of hydrogen-bond acceptors (Lipinski definition) is 8. The molecule has 192 valence electrons. The van der Waals surface area contributed by atoms with Gasteiger partial charge in [0.2, 0.25) is 5.91 Å². The topological polar surface area (TPSA) is 99.2 Å². The van der Waals surface area contributed by atoms with E-state index in [9.17, 15) is 4.79 Å². The van der Waals surface area contributed by atoms with E-state index in [4.69, 9.17) is 23.2 Å². The fourth-order valence-corrected chi connectivity index (χ4v) is 4.12. The third kappa shape index (κ3) is 6.35. The molecule has 1 amide bonds. The van der Waals surface area contributed by atoms with Gasteiger partial charge in [-0.25, -0.2) is 0 Å². The Morgan fingerprint density at radius 1 is 1.17 bits per heavy atom. The Balaban J connectivity index is 1.36. The number of carbonyl (C=O) groups excluding carboxylic acids is 1. The van der Waals surface area contributed by atoms with Gasteiger partial charge in [0.1, 0.15) is 23.9 Å². The van der Waals surface area contributed by atoms with Crippen molar-refractivity contribution >= 4 is 12.0 Å². The fourth-order valence-electron chi connectivity index (χ4n) is 4.12. The van der Waals surface area contributed by atoms with Gasteiger partial charge in [0.25, 0.3) is 0 Å². The van der Waals surface area contributed by atoms with Gasteiger partial charge in [-0.15, -0.1) is 0 Å².